The number of allylic oxidation sites excluding steroid dienone is 1. The molecule has 0 heterocycles. The predicted molar refractivity (Wildman–Crippen MR) is 44.4 cm³/mol. The molecule has 5 nitrogen and oxygen atoms in total. The molecule has 0 spiro atoms. The molecule has 0 N–H and O–H groups in total. The Morgan fingerprint density at radius 3 is 3.00 bits per heavy atom. The molecule has 0 saturated heterocycles. The largest absolute Gasteiger partial charge is 0.466 e. The molecule has 0 bridgehead atoms. The van der Waals surface area contributed by atoms with Gasteiger partial charge in [-0.15, -0.1) is 0 Å². The first-order valence-electron chi connectivity index (χ1n) is 4.13. The van der Waals surface area contributed by atoms with Crippen LogP contribution in [0, 0.1) is 22.0 Å². The molecule has 72 valence electrons. The summed E-state index contributed by atoms with van der Waals surface area (Å²) in [5, 5.41) is 9.94. The van der Waals surface area contributed by atoms with Gasteiger partial charge in [-0.1, -0.05) is 0 Å². The summed E-state index contributed by atoms with van der Waals surface area (Å²) in [4.78, 5) is 20.4. The minimum atomic E-state index is -0.527. The van der Waals surface area contributed by atoms with Crippen LogP contribution in [0.4, 0.5) is 0 Å². The van der Waals surface area contributed by atoms with E-state index in [1.54, 1.807) is 6.92 Å². The van der Waals surface area contributed by atoms with E-state index in [9.17, 15) is 14.9 Å². The maximum absolute atomic E-state index is 11.0. The summed E-state index contributed by atoms with van der Waals surface area (Å²) in [6.07, 6.45) is 2.99. The van der Waals surface area contributed by atoms with Crippen LogP contribution >= 0.6 is 0 Å². The van der Waals surface area contributed by atoms with Gasteiger partial charge in [-0.05, 0) is 25.3 Å². The Balaban J connectivity index is 2.30. The van der Waals surface area contributed by atoms with E-state index >= 15 is 0 Å². The highest BCUT2D eigenvalue weighted by Crippen LogP contribution is 2.40. The standard InChI is InChI=1S/C8H11NO4/c1-2-13-8(10)7-5-6(7)3-4-9(11)12/h3-4,6-7H,2,5H2,1H3/b4-3+/t6-,7-/m0/s1. The van der Waals surface area contributed by atoms with E-state index < -0.39 is 4.92 Å². The quantitative estimate of drug-likeness (QED) is 0.372. The van der Waals surface area contributed by atoms with E-state index in [-0.39, 0.29) is 17.8 Å². The number of nitrogens with zero attached hydrogens (tertiary/aromatic N) is 1. The van der Waals surface area contributed by atoms with Gasteiger partial charge in [0.1, 0.15) is 0 Å². The summed E-state index contributed by atoms with van der Waals surface area (Å²) >= 11 is 0. The Hall–Kier alpha value is -1.39. The van der Waals surface area contributed by atoms with Crippen LogP contribution in [-0.2, 0) is 9.53 Å². The topological polar surface area (TPSA) is 69.4 Å². The van der Waals surface area contributed by atoms with Crippen molar-refractivity contribution in [3.63, 3.8) is 0 Å². The molecule has 1 aliphatic rings. The predicted octanol–water partition coefficient (Wildman–Crippen LogP) is 0.976. The second kappa shape index (κ2) is 4.02. The van der Waals surface area contributed by atoms with Gasteiger partial charge in [-0.2, -0.15) is 0 Å². The molecule has 0 aromatic heterocycles. The summed E-state index contributed by atoms with van der Waals surface area (Å²) in [7, 11) is 0. The Kier molecular flexibility index (Phi) is 3.00. The van der Waals surface area contributed by atoms with E-state index in [0.717, 1.165) is 6.20 Å². The van der Waals surface area contributed by atoms with Crippen LogP contribution in [0.3, 0.4) is 0 Å². The molecule has 0 radical (unpaired) electrons. The summed E-state index contributed by atoms with van der Waals surface area (Å²) in [6, 6.07) is 0. The number of rotatable bonds is 4. The molecule has 1 saturated carbocycles. The Morgan fingerprint density at radius 1 is 1.77 bits per heavy atom. The van der Waals surface area contributed by atoms with Crippen LogP contribution in [0.25, 0.3) is 0 Å². The van der Waals surface area contributed by atoms with Crippen molar-refractivity contribution in [3.05, 3.63) is 22.4 Å². The van der Waals surface area contributed by atoms with Crippen LogP contribution < -0.4 is 0 Å². The maximum Gasteiger partial charge on any atom is 0.309 e. The molecule has 0 unspecified atom stereocenters. The Morgan fingerprint density at radius 2 is 2.46 bits per heavy atom. The third kappa shape index (κ3) is 2.85. The minimum Gasteiger partial charge on any atom is -0.466 e. The van der Waals surface area contributed by atoms with Crippen molar-refractivity contribution in [2.24, 2.45) is 11.8 Å². The van der Waals surface area contributed by atoms with Gasteiger partial charge >= 0.3 is 5.97 Å². The number of carbonyl (C=O) groups is 1. The molecular formula is C8H11NO4. The van der Waals surface area contributed by atoms with E-state index in [4.69, 9.17) is 4.74 Å². The molecule has 2 atom stereocenters. The van der Waals surface area contributed by atoms with Crippen LogP contribution in [0.5, 0.6) is 0 Å². The smallest absolute Gasteiger partial charge is 0.309 e. The molecule has 0 aliphatic heterocycles. The molecule has 1 fully saturated rings. The summed E-state index contributed by atoms with van der Waals surface area (Å²) < 4.78 is 4.76. The number of nitro groups is 1. The van der Waals surface area contributed by atoms with E-state index in [2.05, 4.69) is 0 Å². The second-order valence-electron chi connectivity index (χ2n) is 2.88. The van der Waals surface area contributed by atoms with Crippen LogP contribution in [0.2, 0.25) is 0 Å². The van der Waals surface area contributed by atoms with Gasteiger partial charge in [0.2, 0.25) is 6.20 Å². The number of hydrogen-bond donors (Lipinski definition) is 0. The molecular weight excluding hydrogens is 174 g/mol. The lowest BCUT2D eigenvalue weighted by Crippen LogP contribution is -2.07. The van der Waals surface area contributed by atoms with Crippen molar-refractivity contribution in [1.29, 1.82) is 0 Å². The van der Waals surface area contributed by atoms with E-state index in [1.165, 1.54) is 6.08 Å². The van der Waals surface area contributed by atoms with Gasteiger partial charge in [-0.25, -0.2) is 0 Å². The molecule has 5 heteroatoms. The van der Waals surface area contributed by atoms with Crippen molar-refractivity contribution in [2.45, 2.75) is 13.3 Å². The highest BCUT2D eigenvalue weighted by molar-refractivity contribution is 5.76. The third-order valence-electron chi connectivity index (χ3n) is 1.88. The average Bonchev–Trinajstić information content (AvgIpc) is 2.80. The maximum atomic E-state index is 11.0. The van der Waals surface area contributed by atoms with Gasteiger partial charge in [0.05, 0.1) is 17.4 Å². The van der Waals surface area contributed by atoms with Crippen LogP contribution in [0.1, 0.15) is 13.3 Å². The van der Waals surface area contributed by atoms with Crippen LogP contribution in [-0.4, -0.2) is 17.5 Å². The van der Waals surface area contributed by atoms with E-state index in [1.807, 2.05) is 0 Å². The highest BCUT2D eigenvalue weighted by atomic mass is 16.6. The molecule has 13 heavy (non-hydrogen) atoms. The van der Waals surface area contributed by atoms with Crippen molar-refractivity contribution >= 4 is 5.97 Å². The van der Waals surface area contributed by atoms with E-state index in [0.29, 0.717) is 13.0 Å². The van der Waals surface area contributed by atoms with Gasteiger partial charge in [0.25, 0.3) is 0 Å². The number of hydrogen-bond acceptors (Lipinski definition) is 4. The molecule has 1 aliphatic carbocycles. The molecule has 0 aromatic carbocycles. The number of carbonyl (C=O) groups excluding carboxylic acids is 1. The lowest BCUT2D eigenvalue weighted by molar-refractivity contribution is -0.402. The van der Waals surface area contributed by atoms with Crippen LogP contribution in [0.15, 0.2) is 12.3 Å². The van der Waals surface area contributed by atoms with Crippen molar-refractivity contribution < 1.29 is 14.5 Å². The SMILES string of the molecule is CCOC(=O)[C@H]1C[C@@H]1/C=C/[N+](=O)[O-]. The van der Waals surface area contributed by atoms with Crippen molar-refractivity contribution in [3.8, 4) is 0 Å². The fourth-order valence-electron chi connectivity index (χ4n) is 1.13. The first-order chi connectivity index (χ1) is 6.15. The molecule has 1 rings (SSSR count). The zero-order valence-electron chi connectivity index (χ0n) is 7.30. The third-order valence-corrected chi connectivity index (χ3v) is 1.88. The average molecular weight is 185 g/mol. The minimum absolute atomic E-state index is 0.00412. The monoisotopic (exact) mass is 185 g/mol. The molecule has 0 aromatic rings. The Bertz CT molecular complexity index is 249. The number of ether oxygens (including phenoxy) is 1. The number of esters is 1. The van der Waals surface area contributed by atoms with Gasteiger partial charge in [0.15, 0.2) is 0 Å². The lowest BCUT2D eigenvalue weighted by Gasteiger charge is -1.97. The second-order valence-corrected chi connectivity index (χ2v) is 2.88. The summed E-state index contributed by atoms with van der Waals surface area (Å²) in [5.41, 5.74) is 0. The first-order valence-corrected chi connectivity index (χ1v) is 4.13. The Labute approximate surface area is 75.5 Å². The van der Waals surface area contributed by atoms with Gasteiger partial charge in [-0.3, -0.25) is 14.9 Å². The first kappa shape index (κ1) is 9.70. The molecule has 0 amide bonds. The summed E-state index contributed by atoms with van der Waals surface area (Å²) in [6.45, 7) is 2.10. The highest BCUT2D eigenvalue weighted by Gasteiger charge is 2.42. The lowest BCUT2D eigenvalue weighted by atomic mass is 10.3. The zero-order valence-corrected chi connectivity index (χ0v) is 7.30. The van der Waals surface area contributed by atoms with Crippen molar-refractivity contribution in [2.75, 3.05) is 6.61 Å². The fraction of sp³-hybridized carbons (Fsp3) is 0.625. The summed E-state index contributed by atoms with van der Waals surface area (Å²) in [5.74, 6) is -0.402. The van der Waals surface area contributed by atoms with Gasteiger partial charge < -0.3 is 4.74 Å². The van der Waals surface area contributed by atoms with Crippen molar-refractivity contribution in [1.82, 2.24) is 0 Å². The fourth-order valence-corrected chi connectivity index (χ4v) is 1.13. The zero-order chi connectivity index (χ0) is 9.84. The van der Waals surface area contributed by atoms with Gasteiger partial charge in [0, 0.05) is 0 Å². The normalized spacial score (nSPS) is 25.9.